The van der Waals surface area contributed by atoms with Gasteiger partial charge in [0.2, 0.25) is 0 Å². The summed E-state index contributed by atoms with van der Waals surface area (Å²) in [6.07, 6.45) is -2.70. The third-order valence-electron chi connectivity index (χ3n) is 3.16. The average molecular weight is 339 g/mol. The normalized spacial score (nSPS) is 18.8. The number of hydrogen-bond acceptors (Lipinski definition) is 3. The maximum Gasteiger partial charge on any atom is 0.258 e. The zero-order chi connectivity index (χ0) is 14.0. The van der Waals surface area contributed by atoms with E-state index in [0.717, 1.165) is 6.07 Å². The van der Waals surface area contributed by atoms with Crippen LogP contribution in [0.2, 0.25) is 0 Å². The molecular formula is C12H14BrF3N2O. The Morgan fingerprint density at radius 2 is 1.89 bits per heavy atom. The summed E-state index contributed by atoms with van der Waals surface area (Å²) in [4.78, 5) is 1.56. The van der Waals surface area contributed by atoms with Gasteiger partial charge in [0.15, 0.2) is 11.6 Å². The molecule has 1 aliphatic rings. The molecule has 0 saturated carbocycles. The molecule has 0 amide bonds. The van der Waals surface area contributed by atoms with Gasteiger partial charge >= 0.3 is 0 Å². The first-order valence-electron chi connectivity index (χ1n) is 5.91. The van der Waals surface area contributed by atoms with Crippen LogP contribution in [-0.4, -0.2) is 42.6 Å². The molecule has 0 unspecified atom stereocenters. The number of alkyl halides is 2. The number of nitrogens with zero attached hydrogens (tertiary/aromatic N) is 1. The largest absolute Gasteiger partial charge is 0.505 e. The van der Waals surface area contributed by atoms with E-state index in [0.29, 0.717) is 30.7 Å². The first-order chi connectivity index (χ1) is 9.00. The Morgan fingerprint density at radius 1 is 1.26 bits per heavy atom. The fraction of sp³-hybridized carbons (Fsp3) is 0.500. The highest BCUT2D eigenvalue weighted by molar-refractivity contribution is 9.10. The van der Waals surface area contributed by atoms with Crippen LogP contribution in [-0.2, 0) is 0 Å². The molecule has 0 spiro atoms. The van der Waals surface area contributed by atoms with Crippen molar-refractivity contribution in [3.8, 4) is 5.75 Å². The summed E-state index contributed by atoms with van der Waals surface area (Å²) in [7, 11) is 0. The zero-order valence-corrected chi connectivity index (χ0v) is 11.6. The standard InChI is InChI=1S/C12H14BrF3N2O/c13-7-5-8(11(19)9(14)6-7)10(12(15)16)18-3-1-17-2-4-18/h5-6,10,12,17,19H,1-4H2/t10-/m0/s1. The molecule has 1 saturated heterocycles. The number of nitrogens with one attached hydrogen (secondary N) is 1. The van der Waals surface area contributed by atoms with E-state index < -0.39 is 24.0 Å². The highest BCUT2D eigenvalue weighted by Crippen LogP contribution is 2.37. The first kappa shape index (κ1) is 14.6. The summed E-state index contributed by atoms with van der Waals surface area (Å²) < 4.78 is 40.4. The first-order valence-corrected chi connectivity index (χ1v) is 6.71. The molecule has 0 radical (unpaired) electrons. The van der Waals surface area contributed by atoms with Gasteiger partial charge in [-0.05, 0) is 12.1 Å². The number of phenols is 1. The van der Waals surface area contributed by atoms with Crippen LogP contribution in [0.15, 0.2) is 16.6 Å². The van der Waals surface area contributed by atoms with E-state index in [1.807, 2.05) is 0 Å². The number of hydrogen-bond donors (Lipinski definition) is 2. The van der Waals surface area contributed by atoms with Gasteiger partial charge in [-0.3, -0.25) is 4.90 Å². The average Bonchev–Trinajstić information content (AvgIpc) is 2.36. The van der Waals surface area contributed by atoms with E-state index >= 15 is 0 Å². The van der Waals surface area contributed by atoms with Crippen molar-refractivity contribution in [2.45, 2.75) is 12.5 Å². The van der Waals surface area contributed by atoms with Crippen molar-refractivity contribution in [2.24, 2.45) is 0 Å². The van der Waals surface area contributed by atoms with Crippen molar-refractivity contribution < 1.29 is 18.3 Å². The minimum atomic E-state index is -2.70. The predicted octanol–water partition coefficient (Wildman–Crippen LogP) is 2.51. The maximum absolute atomic E-state index is 13.5. The van der Waals surface area contributed by atoms with Gasteiger partial charge in [-0.25, -0.2) is 13.2 Å². The van der Waals surface area contributed by atoms with E-state index in [1.165, 1.54) is 6.07 Å². The van der Waals surface area contributed by atoms with Crippen molar-refractivity contribution in [1.29, 1.82) is 0 Å². The van der Waals surface area contributed by atoms with E-state index in [4.69, 9.17) is 0 Å². The van der Waals surface area contributed by atoms with Crippen LogP contribution in [0.1, 0.15) is 11.6 Å². The second kappa shape index (κ2) is 6.11. The summed E-state index contributed by atoms with van der Waals surface area (Å²) in [5.41, 5.74) is -0.0798. The third kappa shape index (κ3) is 3.21. The number of rotatable bonds is 3. The van der Waals surface area contributed by atoms with Crippen molar-refractivity contribution in [1.82, 2.24) is 10.2 Å². The van der Waals surface area contributed by atoms with E-state index in [2.05, 4.69) is 21.2 Å². The fourth-order valence-electron chi connectivity index (χ4n) is 2.26. The van der Waals surface area contributed by atoms with Crippen LogP contribution in [0, 0.1) is 5.82 Å². The second-order valence-electron chi connectivity index (χ2n) is 4.39. The predicted molar refractivity (Wildman–Crippen MR) is 69.0 cm³/mol. The number of halogens is 4. The molecule has 19 heavy (non-hydrogen) atoms. The van der Waals surface area contributed by atoms with Gasteiger partial charge in [-0.2, -0.15) is 0 Å². The zero-order valence-electron chi connectivity index (χ0n) is 10.0. The Balaban J connectivity index is 2.38. The summed E-state index contributed by atoms with van der Waals surface area (Å²) in [6.45, 7) is 2.06. The van der Waals surface area contributed by atoms with Gasteiger partial charge < -0.3 is 10.4 Å². The van der Waals surface area contributed by atoms with Gasteiger partial charge in [0.1, 0.15) is 6.04 Å². The molecule has 1 aromatic rings. The van der Waals surface area contributed by atoms with Crippen LogP contribution in [0.3, 0.4) is 0 Å². The molecule has 1 heterocycles. The molecule has 1 atom stereocenters. The number of aromatic hydroxyl groups is 1. The smallest absolute Gasteiger partial charge is 0.258 e. The molecule has 1 fully saturated rings. The highest BCUT2D eigenvalue weighted by atomic mass is 79.9. The lowest BCUT2D eigenvalue weighted by atomic mass is 10.0. The molecular weight excluding hydrogens is 325 g/mol. The van der Waals surface area contributed by atoms with E-state index in [9.17, 15) is 18.3 Å². The van der Waals surface area contributed by atoms with Gasteiger partial charge in [0, 0.05) is 36.2 Å². The van der Waals surface area contributed by atoms with Gasteiger partial charge in [0.05, 0.1) is 0 Å². The Hall–Kier alpha value is -0.790. The molecule has 0 aromatic heterocycles. The molecule has 2 rings (SSSR count). The molecule has 0 aliphatic carbocycles. The summed E-state index contributed by atoms with van der Waals surface area (Å²) in [5.74, 6) is -1.60. The van der Waals surface area contributed by atoms with Crippen molar-refractivity contribution >= 4 is 15.9 Å². The number of benzene rings is 1. The third-order valence-corrected chi connectivity index (χ3v) is 3.62. The van der Waals surface area contributed by atoms with E-state index in [-0.39, 0.29) is 5.56 Å². The second-order valence-corrected chi connectivity index (χ2v) is 5.31. The van der Waals surface area contributed by atoms with Crippen molar-refractivity contribution in [2.75, 3.05) is 26.2 Å². The van der Waals surface area contributed by atoms with Crippen LogP contribution >= 0.6 is 15.9 Å². The monoisotopic (exact) mass is 338 g/mol. The number of phenolic OH excluding ortho intramolecular Hbond substituents is 1. The molecule has 1 aliphatic heterocycles. The van der Waals surface area contributed by atoms with Crippen LogP contribution in [0.4, 0.5) is 13.2 Å². The van der Waals surface area contributed by atoms with Crippen LogP contribution < -0.4 is 5.32 Å². The van der Waals surface area contributed by atoms with Crippen LogP contribution in [0.5, 0.6) is 5.75 Å². The quantitative estimate of drug-likeness (QED) is 0.888. The lowest BCUT2D eigenvalue weighted by Gasteiger charge is -2.35. The van der Waals surface area contributed by atoms with Gasteiger partial charge in [-0.1, -0.05) is 15.9 Å². The Kier molecular flexibility index (Phi) is 4.70. The topological polar surface area (TPSA) is 35.5 Å². The Bertz CT molecular complexity index is 453. The van der Waals surface area contributed by atoms with Crippen molar-refractivity contribution in [3.63, 3.8) is 0 Å². The summed E-state index contributed by atoms with van der Waals surface area (Å²) in [5, 5.41) is 12.8. The molecule has 2 N–H and O–H groups in total. The Morgan fingerprint density at radius 3 is 2.47 bits per heavy atom. The molecule has 1 aromatic carbocycles. The van der Waals surface area contributed by atoms with Gasteiger partial charge in [-0.15, -0.1) is 0 Å². The minimum Gasteiger partial charge on any atom is -0.505 e. The summed E-state index contributed by atoms with van der Waals surface area (Å²) in [6, 6.07) is 1.10. The molecule has 106 valence electrons. The number of piperazine rings is 1. The van der Waals surface area contributed by atoms with Gasteiger partial charge in [0.25, 0.3) is 6.43 Å². The highest BCUT2D eigenvalue weighted by Gasteiger charge is 2.33. The maximum atomic E-state index is 13.5. The fourth-order valence-corrected chi connectivity index (χ4v) is 2.71. The van der Waals surface area contributed by atoms with Crippen LogP contribution in [0.25, 0.3) is 0 Å². The SMILES string of the molecule is Oc1c(F)cc(Br)cc1[C@@H](C(F)F)N1CCNCC1. The molecule has 3 nitrogen and oxygen atoms in total. The Labute approximate surface area is 117 Å². The lowest BCUT2D eigenvalue weighted by molar-refractivity contribution is 0.0167. The van der Waals surface area contributed by atoms with E-state index in [1.54, 1.807) is 4.90 Å². The van der Waals surface area contributed by atoms with Crippen molar-refractivity contribution in [3.05, 3.63) is 28.0 Å². The lowest BCUT2D eigenvalue weighted by Crippen LogP contribution is -2.46. The molecule has 0 bridgehead atoms. The minimum absolute atomic E-state index is 0.0798. The molecule has 7 heteroatoms. The summed E-state index contributed by atoms with van der Waals surface area (Å²) >= 11 is 3.06.